The highest BCUT2D eigenvalue weighted by Crippen LogP contribution is 2.15. The molecular weight excluding hydrogens is 334 g/mol. The van der Waals surface area contributed by atoms with Crippen molar-refractivity contribution in [2.45, 2.75) is 0 Å². The largest absolute Gasteiger partial charge is 0.322 e. The molecule has 0 saturated heterocycles. The smallest absolute Gasteiger partial charge is 0.256 e. The fraction of sp³-hybridized carbons (Fsp3) is 0. The van der Waals surface area contributed by atoms with E-state index in [4.69, 9.17) is 0 Å². The summed E-state index contributed by atoms with van der Waals surface area (Å²) in [5.41, 5.74) is 0.951. The van der Waals surface area contributed by atoms with E-state index in [-0.39, 0.29) is 5.91 Å². The summed E-state index contributed by atoms with van der Waals surface area (Å²) < 4.78 is 13.8. The molecule has 0 bridgehead atoms. The van der Waals surface area contributed by atoms with Crippen molar-refractivity contribution in [2.24, 2.45) is 0 Å². The number of aromatic nitrogens is 1. The third-order valence-corrected chi connectivity index (χ3v) is 3.05. The highest BCUT2D eigenvalue weighted by atomic mass is 127. The number of rotatable bonds is 2. The van der Waals surface area contributed by atoms with E-state index in [1.807, 2.05) is 22.6 Å². The zero-order chi connectivity index (χ0) is 12.3. The first-order valence-electron chi connectivity index (χ1n) is 4.83. The first kappa shape index (κ1) is 12.0. The van der Waals surface area contributed by atoms with Gasteiger partial charge in [0, 0.05) is 21.7 Å². The number of carbonyl (C=O) groups is 1. The van der Waals surface area contributed by atoms with Gasteiger partial charge in [-0.1, -0.05) is 0 Å². The van der Waals surface area contributed by atoms with Gasteiger partial charge in [0.25, 0.3) is 5.91 Å². The molecule has 1 N–H and O–H groups in total. The SMILES string of the molecule is O=C(Nc1ccncc1)c1cc(F)ccc1I. The summed E-state index contributed by atoms with van der Waals surface area (Å²) in [6.07, 6.45) is 3.15. The van der Waals surface area contributed by atoms with E-state index in [9.17, 15) is 9.18 Å². The lowest BCUT2D eigenvalue weighted by Gasteiger charge is -2.06. The van der Waals surface area contributed by atoms with Gasteiger partial charge in [-0.25, -0.2) is 4.39 Å². The lowest BCUT2D eigenvalue weighted by atomic mass is 10.2. The third kappa shape index (κ3) is 3.00. The van der Waals surface area contributed by atoms with Crippen molar-refractivity contribution >= 4 is 34.2 Å². The molecule has 86 valence electrons. The molecule has 0 fully saturated rings. The Hall–Kier alpha value is -1.50. The molecule has 3 nitrogen and oxygen atoms in total. The summed E-state index contributed by atoms with van der Waals surface area (Å²) in [5.74, 6) is -0.759. The van der Waals surface area contributed by atoms with E-state index in [1.165, 1.54) is 12.1 Å². The van der Waals surface area contributed by atoms with Crippen LogP contribution in [0.5, 0.6) is 0 Å². The number of nitrogens with one attached hydrogen (secondary N) is 1. The van der Waals surface area contributed by atoms with Crippen molar-refractivity contribution in [2.75, 3.05) is 5.32 Å². The van der Waals surface area contributed by atoms with Gasteiger partial charge >= 0.3 is 0 Å². The van der Waals surface area contributed by atoms with E-state index < -0.39 is 5.82 Å². The van der Waals surface area contributed by atoms with Crippen molar-refractivity contribution < 1.29 is 9.18 Å². The average molecular weight is 342 g/mol. The van der Waals surface area contributed by atoms with Crippen LogP contribution in [0.3, 0.4) is 0 Å². The summed E-state index contributed by atoms with van der Waals surface area (Å²) in [7, 11) is 0. The maximum Gasteiger partial charge on any atom is 0.256 e. The van der Waals surface area contributed by atoms with Crippen LogP contribution < -0.4 is 5.32 Å². The first-order chi connectivity index (χ1) is 8.16. The molecule has 0 unspecified atom stereocenters. The van der Waals surface area contributed by atoms with E-state index in [0.717, 1.165) is 0 Å². The first-order valence-corrected chi connectivity index (χ1v) is 5.91. The number of hydrogen-bond donors (Lipinski definition) is 1. The highest BCUT2D eigenvalue weighted by Gasteiger charge is 2.11. The Kier molecular flexibility index (Phi) is 3.68. The molecule has 1 aromatic heterocycles. The Balaban J connectivity index is 2.23. The van der Waals surface area contributed by atoms with Crippen LogP contribution in [0, 0.1) is 9.39 Å². The fourth-order valence-electron chi connectivity index (χ4n) is 1.31. The predicted octanol–water partition coefficient (Wildman–Crippen LogP) is 3.08. The average Bonchev–Trinajstić information content (AvgIpc) is 2.33. The number of nitrogens with zero attached hydrogens (tertiary/aromatic N) is 1. The van der Waals surface area contributed by atoms with Crippen LogP contribution in [0.4, 0.5) is 10.1 Å². The molecule has 1 aromatic carbocycles. The maximum atomic E-state index is 13.1. The van der Waals surface area contributed by atoms with Crippen LogP contribution >= 0.6 is 22.6 Å². The molecular formula is C12H8FIN2O. The molecule has 0 radical (unpaired) electrons. The minimum absolute atomic E-state index is 0.322. The number of amides is 1. The van der Waals surface area contributed by atoms with Crippen LogP contribution in [-0.2, 0) is 0 Å². The van der Waals surface area contributed by atoms with Crippen molar-refractivity contribution in [1.82, 2.24) is 4.98 Å². The van der Waals surface area contributed by atoms with E-state index in [2.05, 4.69) is 10.3 Å². The van der Waals surface area contributed by atoms with E-state index >= 15 is 0 Å². The van der Waals surface area contributed by atoms with E-state index in [0.29, 0.717) is 14.8 Å². The minimum atomic E-state index is -0.426. The van der Waals surface area contributed by atoms with E-state index in [1.54, 1.807) is 30.6 Å². The Morgan fingerprint density at radius 2 is 1.94 bits per heavy atom. The zero-order valence-electron chi connectivity index (χ0n) is 8.65. The number of hydrogen-bond acceptors (Lipinski definition) is 2. The summed E-state index contributed by atoms with van der Waals surface area (Å²) in [6.45, 7) is 0. The number of benzene rings is 1. The molecule has 0 atom stereocenters. The second kappa shape index (κ2) is 5.22. The summed E-state index contributed by atoms with van der Waals surface area (Å²) in [6, 6.07) is 7.45. The Morgan fingerprint density at radius 3 is 2.65 bits per heavy atom. The fourth-order valence-corrected chi connectivity index (χ4v) is 1.89. The maximum absolute atomic E-state index is 13.1. The third-order valence-electron chi connectivity index (χ3n) is 2.11. The summed E-state index contributed by atoms with van der Waals surface area (Å²) >= 11 is 2.00. The lowest BCUT2D eigenvalue weighted by Crippen LogP contribution is -2.13. The molecule has 5 heteroatoms. The van der Waals surface area contributed by atoms with Crippen molar-refractivity contribution in [3.63, 3.8) is 0 Å². The van der Waals surface area contributed by atoms with Gasteiger partial charge in [-0.3, -0.25) is 9.78 Å². The monoisotopic (exact) mass is 342 g/mol. The zero-order valence-corrected chi connectivity index (χ0v) is 10.8. The van der Waals surface area contributed by atoms with Gasteiger partial charge in [-0.05, 0) is 52.9 Å². The number of halogens is 2. The van der Waals surface area contributed by atoms with Crippen LogP contribution in [0.25, 0.3) is 0 Å². The van der Waals surface area contributed by atoms with Crippen LogP contribution in [0.15, 0.2) is 42.7 Å². The topological polar surface area (TPSA) is 42.0 Å². The molecule has 0 spiro atoms. The standard InChI is InChI=1S/C12H8FIN2O/c13-8-1-2-11(14)10(7-8)12(17)16-9-3-5-15-6-4-9/h1-7H,(H,15,16,17). The van der Waals surface area contributed by atoms with Gasteiger partial charge in [0.05, 0.1) is 5.56 Å². The quantitative estimate of drug-likeness (QED) is 0.853. The molecule has 1 heterocycles. The van der Waals surface area contributed by atoms with Crippen LogP contribution in [-0.4, -0.2) is 10.9 Å². The molecule has 0 aliphatic rings. The Bertz CT molecular complexity index is 545. The second-order valence-corrected chi connectivity index (χ2v) is 4.48. The summed E-state index contributed by atoms with van der Waals surface area (Å²) in [5, 5.41) is 2.68. The lowest BCUT2D eigenvalue weighted by molar-refractivity contribution is 0.102. The molecule has 0 aliphatic heterocycles. The molecule has 2 rings (SSSR count). The van der Waals surface area contributed by atoms with Gasteiger partial charge in [0.1, 0.15) is 5.82 Å². The van der Waals surface area contributed by atoms with Gasteiger partial charge in [0.15, 0.2) is 0 Å². The number of carbonyl (C=O) groups excluding carboxylic acids is 1. The normalized spacial score (nSPS) is 10.0. The molecule has 0 aliphatic carbocycles. The Morgan fingerprint density at radius 1 is 1.24 bits per heavy atom. The van der Waals surface area contributed by atoms with Crippen LogP contribution in [0.1, 0.15) is 10.4 Å². The minimum Gasteiger partial charge on any atom is -0.322 e. The van der Waals surface area contributed by atoms with Gasteiger partial charge in [0.2, 0.25) is 0 Å². The number of pyridine rings is 1. The van der Waals surface area contributed by atoms with Gasteiger partial charge in [-0.2, -0.15) is 0 Å². The molecule has 2 aromatic rings. The van der Waals surface area contributed by atoms with Crippen molar-refractivity contribution in [3.8, 4) is 0 Å². The summed E-state index contributed by atoms with van der Waals surface area (Å²) in [4.78, 5) is 15.7. The van der Waals surface area contributed by atoms with Crippen LogP contribution in [0.2, 0.25) is 0 Å². The molecule has 17 heavy (non-hydrogen) atoms. The molecule has 0 saturated carbocycles. The highest BCUT2D eigenvalue weighted by molar-refractivity contribution is 14.1. The number of anilines is 1. The predicted molar refractivity (Wildman–Crippen MR) is 71.3 cm³/mol. The second-order valence-electron chi connectivity index (χ2n) is 3.31. The van der Waals surface area contributed by atoms with Crippen molar-refractivity contribution in [1.29, 1.82) is 0 Å². The van der Waals surface area contributed by atoms with Crippen molar-refractivity contribution in [3.05, 3.63) is 57.7 Å². The Labute approximate surface area is 111 Å². The van der Waals surface area contributed by atoms with Gasteiger partial charge < -0.3 is 5.32 Å². The molecule has 1 amide bonds. The van der Waals surface area contributed by atoms with Gasteiger partial charge in [-0.15, -0.1) is 0 Å².